The minimum Gasteiger partial charge on any atom is -0.487 e. The number of ether oxygens (including phenoxy) is 2. The second-order valence-corrected chi connectivity index (χ2v) is 10.2. The van der Waals surface area contributed by atoms with Crippen LogP contribution in [0.2, 0.25) is 5.15 Å². The van der Waals surface area contributed by atoms with Crippen LogP contribution in [0.5, 0.6) is 11.5 Å². The Morgan fingerprint density at radius 1 is 1.15 bits per heavy atom. The van der Waals surface area contributed by atoms with Crippen LogP contribution in [0.3, 0.4) is 0 Å². The summed E-state index contributed by atoms with van der Waals surface area (Å²) in [6, 6.07) is 11.0. The number of likely N-dealkylation sites (tertiary alicyclic amines) is 1. The van der Waals surface area contributed by atoms with E-state index >= 15 is 0 Å². The first-order valence-corrected chi connectivity index (χ1v) is 13.3. The minimum absolute atomic E-state index is 0.101. The van der Waals surface area contributed by atoms with Gasteiger partial charge in [-0.3, -0.25) is 19.2 Å². The Balaban J connectivity index is 1.45. The van der Waals surface area contributed by atoms with E-state index in [4.69, 9.17) is 21.1 Å². The van der Waals surface area contributed by atoms with Gasteiger partial charge in [0.25, 0.3) is 11.8 Å². The Morgan fingerprint density at radius 3 is 2.65 bits per heavy atom. The summed E-state index contributed by atoms with van der Waals surface area (Å²) in [5.74, 6) is -1.35. The van der Waals surface area contributed by atoms with Crippen LogP contribution >= 0.6 is 11.6 Å². The molecule has 0 aliphatic carbocycles. The summed E-state index contributed by atoms with van der Waals surface area (Å²) >= 11 is 6.55. The molecule has 6 rings (SSSR count). The van der Waals surface area contributed by atoms with Crippen molar-refractivity contribution in [2.45, 2.75) is 38.6 Å². The molecule has 3 aliphatic rings. The molecule has 4 heterocycles. The average Bonchev–Trinajstić information content (AvgIpc) is 3.44. The van der Waals surface area contributed by atoms with Crippen molar-refractivity contribution in [2.75, 3.05) is 19.7 Å². The maximum Gasteiger partial charge on any atom is 0.335 e. The number of amides is 2. The van der Waals surface area contributed by atoms with Crippen LogP contribution in [-0.2, 0) is 31.4 Å². The van der Waals surface area contributed by atoms with Gasteiger partial charge in [-0.05, 0) is 42.3 Å². The number of nitrogens with zero attached hydrogens (tertiary/aromatic N) is 3. The van der Waals surface area contributed by atoms with E-state index in [2.05, 4.69) is 20.6 Å². The van der Waals surface area contributed by atoms with Crippen LogP contribution < -0.4 is 20.1 Å². The van der Waals surface area contributed by atoms with Gasteiger partial charge in [0.05, 0.1) is 17.3 Å². The van der Waals surface area contributed by atoms with E-state index in [-0.39, 0.29) is 35.9 Å². The van der Waals surface area contributed by atoms with Gasteiger partial charge in [0.15, 0.2) is 6.61 Å². The largest absolute Gasteiger partial charge is 0.487 e. The van der Waals surface area contributed by atoms with Crippen molar-refractivity contribution in [3.63, 3.8) is 0 Å². The molecule has 3 N–H and O–H groups in total. The topological polar surface area (TPSA) is 135 Å². The fourth-order valence-corrected chi connectivity index (χ4v) is 5.16. The van der Waals surface area contributed by atoms with Gasteiger partial charge >= 0.3 is 5.97 Å². The minimum atomic E-state index is -1.22. The van der Waals surface area contributed by atoms with Crippen LogP contribution in [0.25, 0.3) is 0 Å². The highest BCUT2D eigenvalue weighted by molar-refractivity contribution is 6.30. The third kappa shape index (κ3) is 6.05. The van der Waals surface area contributed by atoms with E-state index in [0.717, 1.165) is 23.2 Å². The van der Waals surface area contributed by atoms with E-state index in [1.54, 1.807) is 11.7 Å². The second kappa shape index (κ2) is 11.6. The fraction of sp³-hybridized carbons (Fsp3) is 0.357. The molecule has 1 fully saturated rings. The zero-order valence-corrected chi connectivity index (χ0v) is 22.9. The number of aromatic nitrogens is 2. The Morgan fingerprint density at radius 2 is 1.93 bits per heavy atom. The normalized spacial score (nSPS) is 19.7. The number of benzene rings is 2. The molecule has 1 saturated heterocycles. The van der Waals surface area contributed by atoms with Gasteiger partial charge in [-0.25, -0.2) is 4.79 Å². The second-order valence-electron chi connectivity index (χ2n) is 9.88. The molecule has 11 nitrogen and oxygen atoms in total. The Bertz CT molecular complexity index is 1440. The maximum absolute atomic E-state index is 13.4. The number of fused-ring (bicyclic) bond motifs is 7. The molecule has 210 valence electrons. The van der Waals surface area contributed by atoms with Gasteiger partial charge < -0.3 is 25.2 Å². The van der Waals surface area contributed by atoms with Gasteiger partial charge in [0.2, 0.25) is 0 Å². The number of carboxylic acid groups (broad SMARTS) is 1. The average molecular weight is 568 g/mol. The molecule has 2 atom stereocenters. The summed E-state index contributed by atoms with van der Waals surface area (Å²) in [5.41, 5.74) is 2.70. The van der Waals surface area contributed by atoms with Crippen LogP contribution in [0.4, 0.5) is 0 Å². The quantitative estimate of drug-likeness (QED) is 0.437. The van der Waals surface area contributed by atoms with Crippen LogP contribution in [0, 0.1) is 0 Å². The van der Waals surface area contributed by atoms with E-state index in [1.165, 1.54) is 18.2 Å². The third-order valence-electron chi connectivity index (χ3n) is 7.01. The first-order chi connectivity index (χ1) is 19.2. The molecule has 3 aliphatic heterocycles. The van der Waals surface area contributed by atoms with Crippen molar-refractivity contribution >= 4 is 29.4 Å². The molecule has 12 heteroatoms. The predicted octanol–water partition coefficient (Wildman–Crippen LogP) is 2.40. The summed E-state index contributed by atoms with van der Waals surface area (Å²) in [6.45, 7) is 3.51. The molecule has 0 radical (unpaired) electrons. The lowest BCUT2D eigenvalue weighted by atomic mass is 10.1. The van der Waals surface area contributed by atoms with Crippen LogP contribution in [-0.4, -0.2) is 69.4 Å². The predicted molar refractivity (Wildman–Crippen MR) is 146 cm³/mol. The van der Waals surface area contributed by atoms with E-state index in [0.29, 0.717) is 30.5 Å². The number of halogens is 1. The Hall–Kier alpha value is -4.09. The molecule has 3 aromatic rings. The smallest absolute Gasteiger partial charge is 0.335 e. The highest BCUT2D eigenvalue weighted by Gasteiger charge is 2.37. The molecule has 1 aromatic heterocycles. The van der Waals surface area contributed by atoms with Gasteiger partial charge in [0, 0.05) is 44.4 Å². The first-order valence-electron chi connectivity index (χ1n) is 13.0. The third-order valence-corrected chi connectivity index (χ3v) is 7.49. The van der Waals surface area contributed by atoms with Gasteiger partial charge in [0.1, 0.15) is 22.8 Å². The number of nitrogens with one attached hydrogen (secondary N) is 2. The number of aromatic carboxylic acids is 1. The highest BCUT2D eigenvalue weighted by atomic mass is 35.5. The number of hydrogen-bond acceptors (Lipinski definition) is 7. The van der Waals surface area contributed by atoms with Crippen molar-refractivity contribution < 1.29 is 29.0 Å². The van der Waals surface area contributed by atoms with Gasteiger partial charge in [-0.1, -0.05) is 30.7 Å². The number of carbonyl (C=O) groups excluding carboxylic acids is 2. The van der Waals surface area contributed by atoms with Crippen LogP contribution in [0.15, 0.2) is 42.5 Å². The lowest BCUT2D eigenvalue weighted by Gasteiger charge is -2.21. The molecule has 2 aromatic carbocycles. The summed E-state index contributed by atoms with van der Waals surface area (Å²) in [5, 5.41) is 20.5. The summed E-state index contributed by atoms with van der Waals surface area (Å²) in [6.07, 6.45) is 0.338. The molecular weight excluding hydrogens is 538 g/mol. The van der Waals surface area contributed by atoms with E-state index < -0.39 is 24.0 Å². The van der Waals surface area contributed by atoms with Crippen molar-refractivity contribution in [1.82, 2.24) is 25.3 Å². The van der Waals surface area contributed by atoms with Crippen LogP contribution in [0.1, 0.15) is 44.5 Å². The molecule has 0 saturated carbocycles. The lowest BCUT2D eigenvalue weighted by Crippen LogP contribution is -2.45. The zero-order chi connectivity index (χ0) is 28.4. The van der Waals surface area contributed by atoms with Crippen molar-refractivity contribution in [1.29, 1.82) is 0 Å². The first kappa shape index (κ1) is 27.5. The zero-order valence-electron chi connectivity index (χ0n) is 22.1. The number of aryl methyl sites for hydroxylation is 2. The monoisotopic (exact) mass is 567 g/mol. The van der Waals surface area contributed by atoms with E-state index in [9.17, 15) is 19.5 Å². The number of carboxylic acids is 1. The molecule has 4 bridgehead atoms. The van der Waals surface area contributed by atoms with Crippen molar-refractivity contribution in [2.24, 2.45) is 7.05 Å². The SMILES string of the molecule is CCc1nn(C)c(Cl)c1CN1C[C@@H]2NC(=O)c3cc(cc(C(=O)O)c3)OCC(=O)NCc3ccc(cc3)O[C@H]2C1. The summed E-state index contributed by atoms with van der Waals surface area (Å²) in [7, 11) is 1.81. The number of rotatable bonds is 4. The van der Waals surface area contributed by atoms with E-state index in [1.807, 2.05) is 31.2 Å². The Labute approximate surface area is 236 Å². The molecule has 40 heavy (non-hydrogen) atoms. The summed E-state index contributed by atoms with van der Waals surface area (Å²) in [4.78, 5) is 39.6. The highest BCUT2D eigenvalue weighted by Crippen LogP contribution is 2.26. The fourth-order valence-electron chi connectivity index (χ4n) is 4.95. The lowest BCUT2D eigenvalue weighted by molar-refractivity contribution is -0.123. The molecular formula is C28H30ClN5O6. The number of hydrogen-bond donors (Lipinski definition) is 3. The molecule has 2 amide bonds. The molecule has 0 spiro atoms. The van der Waals surface area contributed by atoms with Crippen molar-refractivity contribution in [3.05, 3.63) is 75.6 Å². The van der Waals surface area contributed by atoms with Gasteiger partial charge in [-0.2, -0.15) is 5.10 Å². The summed E-state index contributed by atoms with van der Waals surface area (Å²) < 4.78 is 13.6. The van der Waals surface area contributed by atoms with Crippen molar-refractivity contribution in [3.8, 4) is 11.5 Å². The number of carbonyl (C=O) groups is 3. The maximum atomic E-state index is 13.4. The Kier molecular flexibility index (Phi) is 7.95. The molecule has 0 unspecified atom stereocenters. The van der Waals surface area contributed by atoms with Gasteiger partial charge in [-0.15, -0.1) is 0 Å². The standard InChI is InChI=1S/C28H30ClN5O6/c1-3-22-21(26(29)33(2)32-22)12-34-13-23-24(14-34)40-19-6-4-16(5-7-19)11-30-25(35)15-39-20-9-17(27(36)31-23)8-18(10-20)28(37)38/h4-10,23-24H,3,11-15H2,1-2H3,(H,30,35)(H,31,36)(H,37,38)/t23-,24-/m0/s1.